The minimum absolute atomic E-state index is 0.402. The molecule has 98 valence electrons. The van der Waals surface area contributed by atoms with Crippen molar-refractivity contribution in [2.24, 2.45) is 5.92 Å². The molecule has 0 aromatic heterocycles. The highest BCUT2D eigenvalue weighted by atomic mass is 32.1. The number of benzene rings is 1. The molecule has 0 amide bonds. The number of thiol groups is 1. The van der Waals surface area contributed by atoms with Gasteiger partial charge in [0.15, 0.2) is 0 Å². The second-order valence-electron chi connectivity index (χ2n) is 5.34. The van der Waals surface area contributed by atoms with Gasteiger partial charge in [-0.15, -0.1) is 12.6 Å². The van der Waals surface area contributed by atoms with E-state index in [1.165, 1.54) is 25.7 Å². The van der Waals surface area contributed by atoms with Crippen molar-refractivity contribution >= 4 is 18.6 Å². The van der Waals surface area contributed by atoms with E-state index in [2.05, 4.69) is 12.6 Å². The highest BCUT2D eigenvalue weighted by Gasteiger charge is 2.27. The van der Waals surface area contributed by atoms with Crippen molar-refractivity contribution in [2.45, 2.75) is 49.8 Å². The summed E-state index contributed by atoms with van der Waals surface area (Å²) in [7, 11) is 0. The largest absolute Gasteiger partial charge is 0.481 e. The predicted molar refractivity (Wildman–Crippen MR) is 75.4 cm³/mol. The molecule has 1 unspecified atom stereocenters. The molecule has 1 saturated carbocycles. The van der Waals surface area contributed by atoms with Crippen molar-refractivity contribution in [3.8, 4) is 0 Å². The summed E-state index contributed by atoms with van der Waals surface area (Å²) in [6, 6.07) is 5.84. The first-order chi connectivity index (χ1) is 8.58. The number of aliphatic carboxylic acids is 1. The fourth-order valence-electron chi connectivity index (χ4n) is 2.89. The van der Waals surface area contributed by atoms with Crippen molar-refractivity contribution in [3.63, 3.8) is 0 Å². The molecule has 0 heterocycles. The lowest BCUT2D eigenvalue weighted by Crippen LogP contribution is -2.15. The second kappa shape index (κ2) is 5.79. The average molecular weight is 264 g/mol. The summed E-state index contributed by atoms with van der Waals surface area (Å²) in [6.07, 6.45) is 5.61. The van der Waals surface area contributed by atoms with Crippen LogP contribution < -0.4 is 0 Å². The topological polar surface area (TPSA) is 37.3 Å². The Kier molecular flexibility index (Phi) is 4.33. The lowest BCUT2D eigenvalue weighted by molar-refractivity contribution is -0.139. The fourth-order valence-corrected chi connectivity index (χ4v) is 3.32. The summed E-state index contributed by atoms with van der Waals surface area (Å²) in [6.45, 7) is 2.00. The Hall–Kier alpha value is -0.960. The highest BCUT2D eigenvalue weighted by Crippen LogP contribution is 2.36. The summed E-state index contributed by atoms with van der Waals surface area (Å²) >= 11 is 4.43. The van der Waals surface area contributed by atoms with E-state index >= 15 is 0 Å². The van der Waals surface area contributed by atoms with E-state index in [9.17, 15) is 9.90 Å². The van der Waals surface area contributed by atoms with Crippen LogP contribution in [0, 0.1) is 12.8 Å². The third kappa shape index (κ3) is 3.08. The van der Waals surface area contributed by atoms with Crippen molar-refractivity contribution in [3.05, 3.63) is 29.3 Å². The minimum Gasteiger partial charge on any atom is -0.481 e. The Labute approximate surface area is 114 Å². The molecule has 1 aromatic carbocycles. The molecule has 0 aliphatic heterocycles. The van der Waals surface area contributed by atoms with Gasteiger partial charge in [-0.05, 0) is 30.9 Å². The van der Waals surface area contributed by atoms with Crippen LogP contribution in [0.2, 0.25) is 0 Å². The van der Waals surface area contributed by atoms with Crippen molar-refractivity contribution < 1.29 is 9.90 Å². The number of aryl methyl sites for hydroxylation is 1. The molecule has 0 spiro atoms. The van der Waals surface area contributed by atoms with Gasteiger partial charge in [0.2, 0.25) is 0 Å². The molecule has 0 radical (unpaired) electrons. The van der Waals surface area contributed by atoms with Gasteiger partial charge >= 0.3 is 5.97 Å². The molecule has 1 atom stereocenters. The van der Waals surface area contributed by atoms with Crippen LogP contribution in [0.3, 0.4) is 0 Å². The molecule has 3 heteroatoms. The first-order valence-electron chi connectivity index (χ1n) is 6.60. The summed E-state index contributed by atoms with van der Waals surface area (Å²) in [4.78, 5) is 12.3. The molecule has 0 bridgehead atoms. The van der Waals surface area contributed by atoms with E-state index in [-0.39, 0.29) is 0 Å². The van der Waals surface area contributed by atoms with E-state index in [1.807, 2.05) is 25.1 Å². The minimum atomic E-state index is -0.721. The number of hydrogen-bond acceptors (Lipinski definition) is 2. The third-order valence-corrected chi connectivity index (χ3v) is 4.29. The zero-order valence-corrected chi connectivity index (χ0v) is 11.6. The lowest BCUT2D eigenvalue weighted by atomic mass is 9.87. The lowest BCUT2D eigenvalue weighted by Gasteiger charge is -2.19. The molecule has 1 aliphatic rings. The van der Waals surface area contributed by atoms with E-state index < -0.39 is 11.9 Å². The monoisotopic (exact) mass is 264 g/mol. The maximum atomic E-state index is 11.5. The second-order valence-corrected chi connectivity index (χ2v) is 5.82. The van der Waals surface area contributed by atoms with Crippen LogP contribution in [0.4, 0.5) is 0 Å². The maximum absolute atomic E-state index is 11.5. The normalized spacial score (nSPS) is 17.9. The van der Waals surface area contributed by atoms with Crippen LogP contribution in [0.1, 0.15) is 49.1 Å². The summed E-state index contributed by atoms with van der Waals surface area (Å²) in [5, 5.41) is 9.45. The van der Waals surface area contributed by atoms with E-state index in [0.717, 1.165) is 22.4 Å². The van der Waals surface area contributed by atoms with Crippen LogP contribution >= 0.6 is 12.6 Å². The maximum Gasteiger partial charge on any atom is 0.311 e. The smallest absolute Gasteiger partial charge is 0.311 e. The summed E-state index contributed by atoms with van der Waals surface area (Å²) < 4.78 is 0. The zero-order chi connectivity index (χ0) is 13.1. The van der Waals surface area contributed by atoms with Gasteiger partial charge in [0.05, 0.1) is 5.92 Å². The number of rotatable bonds is 4. The van der Waals surface area contributed by atoms with Crippen LogP contribution in [0.15, 0.2) is 23.1 Å². The fraction of sp³-hybridized carbons (Fsp3) is 0.533. The van der Waals surface area contributed by atoms with Gasteiger partial charge in [0.1, 0.15) is 0 Å². The molecular weight excluding hydrogens is 244 g/mol. The van der Waals surface area contributed by atoms with Crippen molar-refractivity contribution in [2.75, 3.05) is 0 Å². The number of carboxylic acids is 1. The Bertz CT molecular complexity index is 436. The van der Waals surface area contributed by atoms with Gasteiger partial charge < -0.3 is 5.11 Å². The van der Waals surface area contributed by atoms with Gasteiger partial charge in [-0.2, -0.15) is 0 Å². The first kappa shape index (κ1) is 13.5. The highest BCUT2D eigenvalue weighted by molar-refractivity contribution is 7.80. The van der Waals surface area contributed by atoms with Crippen LogP contribution in [0.5, 0.6) is 0 Å². The zero-order valence-electron chi connectivity index (χ0n) is 10.7. The molecule has 0 saturated heterocycles. The Balaban J connectivity index is 2.20. The third-order valence-electron chi connectivity index (χ3n) is 3.90. The van der Waals surface area contributed by atoms with Gasteiger partial charge in [0.25, 0.3) is 0 Å². The summed E-state index contributed by atoms with van der Waals surface area (Å²) in [5.41, 5.74) is 1.98. The molecule has 2 rings (SSSR count). The molecule has 1 N–H and O–H groups in total. The molecule has 1 fully saturated rings. The standard InChI is InChI=1S/C15H20O2S/c1-10-6-7-12(14(18)8-10)13(15(16)17)9-11-4-2-3-5-11/h6-8,11,13,18H,2-5,9H2,1H3,(H,16,17). The van der Waals surface area contributed by atoms with Gasteiger partial charge in [-0.25, -0.2) is 0 Å². The van der Waals surface area contributed by atoms with Crippen LogP contribution in [0.25, 0.3) is 0 Å². The first-order valence-corrected chi connectivity index (χ1v) is 7.05. The van der Waals surface area contributed by atoms with Gasteiger partial charge in [-0.1, -0.05) is 43.4 Å². The van der Waals surface area contributed by atoms with Crippen molar-refractivity contribution in [1.29, 1.82) is 0 Å². The predicted octanol–water partition coefficient (Wildman–Crippen LogP) is 4.03. The Morgan fingerprint density at radius 2 is 2.11 bits per heavy atom. The molecule has 1 aliphatic carbocycles. The Morgan fingerprint density at radius 3 is 2.67 bits per heavy atom. The van der Waals surface area contributed by atoms with Crippen molar-refractivity contribution in [1.82, 2.24) is 0 Å². The van der Waals surface area contributed by atoms with Gasteiger partial charge in [-0.3, -0.25) is 4.79 Å². The summed E-state index contributed by atoms with van der Waals surface area (Å²) in [5.74, 6) is -0.553. The SMILES string of the molecule is Cc1ccc(C(CC2CCCC2)C(=O)O)c(S)c1. The van der Waals surface area contributed by atoms with Gasteiger partial charge in [0, 0.05) is 4.90 Å². The molecular formula is C15H20O2S. The Morgan fingerprint density at radius 1 is 1.44 bits per heavy atom. The molecule has 1 aromatic rings. The average Bonchev–Trinajstić information content (AvgIpc) is 2.79. The number of carbonyl (C=O) groups is 1. The van der Waals surface area contributed by atoms with E-state index in [0.29, 0.717) is 5.92 Å². The number of carboxylic acid groups (broad SMARTS) is 1. The van der Waals surface area contributed by atoms with E-state index in [1.54, 1.807) is 0 Å². The number of hydrogen-bond donors (Lipinski definition) is 2. The molecule has 2 nitrogen and oxygen atoms in total. The van der Waals surface area contributed by atoms with Crippen LogP contribution in [-0.4, -0.2) is 11.1 Å². The quantitative estimate of drug-likeness (QED) is 0.806. The van der Waals surface area contributed by atoms with E-state index in [4.69, 9.17) is 0 Å². The van der Waals surface area contributed by atoms with Crippen LogP contribution in [-0.2, 0) is 4.79 Å². The molecule has 18 heavy (non-hydrogen) atoms.